The van der Waals surface area contributed by atoms with Crippen molar-refractivity contribution in [2.24, 2.45) is 28.6 Å². The number of hydrogen-bond acceptors (Lipinski definition) is 1. The summed E-state index contributed by atoms with van der Waals surface area (Å²) in [5, 5.41) is 0. The van der Waals surface area contributed by atoms with Gasteiger partial charge in [0, 0.05) is 7.11 Å². The van der Waals surface area contributed by atoms with Crippen LogP contribution in [0.5, 0.6) is 0 Å². The third-order valence-corrected chi connectivity index (χ3v) is 6.71. The molecule has 0 aromatic rings. The van der Waals surface area contributed by atoms with E-state index in [4.69, 9.17) is 4.74 Å². The maximum Gasteiger partial charge on any atom is 0.0605 e. The topological polar surface area (TPSA) is 9.23 Å². The summed E-state index contributed by atoms with van der Waals surface area (Å²) in [6, 6.07) is 0. The van der Waals surface area contributed by atoms with Crippen LogP contribution in [0.15, 0.2) is 12.2 Å². The predicted octanol–water partition coefficient (Wildman–Crippen LogP) is 4.04. The summed E-state index contributed by atoms with van der Waals surface area (Å²) < 4.78 is 5.76. The first-order valence-electron chi connectivity index (χ1n) is 7.15. The molecule has 3 fully saturated rings. The molecule has 0 N–H and O–H groups in total. The van der Waals surface area contributed by atoms with Gasteiger partial charge in [-0.2, -0.15) is 0 Å². The maximum atomic E-state index is 5.76. The lowest BCUT2D eigenvalue weighted by Gasteiger charge is -2.50. The molecule has 5 atom stereocenters. The molecule has 3 rings (SSSR count). The Morgan fingerprint density at radius 1 is 1.35 bits per heavy atom. The van der Waals surface area contributed by atoms with Crippen LogP contribution in [0.3, 0.4) is 0 Å². The minimum absolute atomic E-state index is 0.320. The third kappa shape index (κ3) is 1.24. The van der Waals surface area contributed by atoms with Crippen LogP contribution in [0.1, 0.15) is 46.5 Å². The normalized spacial score (nSPS) is 51.6. The van der Waals surface area contributed by atoms with Crippen LogP contribution in [0.2, 0.25) is 0 Å². The molecule has 0 heterocycles. The molecule has 0 aromatic carbocycles. The second-order valence-corrected chi connectivity index (χ2v) is 7.27. The number of methoxy groups -OCH3 is 1. The van der Waals surface area contributed by atoms with Crippen LogP contribution >= 0.6 is 0 Å². The lowest BCUT2D eigenvalue weighted by atomic mass is 9.54. The van der Waals surface area contributed by atoms with Crippen LogP contribution in [0, 0.1) is 28.6 Å². The molecule has 2 bridgehead atoms. The predicted molar refractivity (Wildman–Crippen MR) is 70.8 cm³/mol. The molecule has 3 aliphatic rings. The minimum atomic E-state index is 0.320. The number of allylic oxidation sites excluding steroid dienone is 1. The fraction of sp³-hybridized carbons (Fsp3) is 0.875. The van der Waals surface area contributed by atoms with Crippen molar-refractivity contribution in [3.8, 4) is 0 Å². The van der Waals surface area contributed by atoms with E-state index in [0.717, 1.165) is 17.8 Å². The average Bonchev–Trinajstić information content (AvgIpc) is 2.82. The summed E-state index contributed by atoms with van der Waals surface area (Å²) in [5.74, 6) is 2.32. The monoisotopic (exact) mass is 234 g/mol. The maximum absolute atomic E-state index is 5.76. The Bertz CT molecular complexity index is 357. The highest BCUT2D eigenvalue weighted by Gasteiger charge is 2.64. The van der Waals surface area contributed by atoms with Crippen molar-refractivity contribution in [3.05, 3.63) is 12.2 Å². The zero-order chi connectivity index (χ0) is 12.4. The highest BCUT2D eigenvalue weighted by molar-refractivity contribution is 5.27. The summed E-state index contributed by atoms with van der Waals surface area (Å²) in [6.07, 6.45) is 5.90. The van der Waals surface area contributed by atoms with Gasteiger partial charge in [-0.3, -0.25) is 0 Å². The van der Waals surface area contributed by atoms with Crippen molar-refractivity contribution < 1.29 is 4.74 Å². The van der Waals surface area contributed by atoms with Crippen LogP contribution in [0.4, 0.5) is 0 Å². The molecule has 0 radical (unpaired) electrons. The van der Waals surface area contributed by atoms with E-state index in [-0.39, 0.29) is 0 Å². The van der Waals surface area contributed by atoms with Gasteiger partial charge < -0.3 is 4.74 Å². The van der Waals surface area contributed by atoms with Gasteiger partial charge in [0.15, 0.2) is 0 Å². The number of fused-ring (bicyclic) bond motifs is 1. The van der Waals surface area contributed by atoms with Crippen molar-refractivity contribution in [2.45, 2.75) is 52.6 Å². The van der Waals surface area contributed by atoms with Crippen LogP contribution in [-0.2, 0) is 4.74 Å². The highest BCUT2D eigenvalue weighted by atomic mass is 16.5. The summed E-state index contributed by atoms with van der Waals surface area (Å²) in [4.78, 5) is 0. The van der Waals surface area contributed by atoms with E-state index < -0.39 is 0 Å². The molecular formula is C16H26O. The van der Waals surface area contributed by atoms with Crippen LogP contribution in [-0.4, -0.2) is 13.2 Å². The third-order valence-electron chi connectivity index (χ3n) is 6.71. The minimum Gasteiger partial charge on any atom is -0.381 e. The highest BCUT2D eigenvalue weighted by Crippen LogP contribution is 2.70. The van der Waals surface area contributed by atoms with Crippen LogP contribution in [0.25, 0.3) is 0 Å². The molecule has 1 spiro atoms. The standard InChI is InChI=1S/C16H26O/c1-10-12-6-7-16(9-12)11(2)13(17-5)8-14(16)15(10,3)4/h11-14H,1,6-9H2,2-5H3/t11-,12-,13?,14-,16+/m1/s1. The summed E-state index contributed by atoms with van der Waals surface area (Å²) in [7, 11) is 1.89. The summed E-state index contributed by atoms with van der Waals surface area (Å²) >= 11 is 0. The molecule has 1 heteroatoms. The molecule has 1 nitrogen and oxygen atoms in total. The average molecular weight is 234 g/mol. The van der Waals surface area contributed by atoms with E-state index in [1.165, 1.54) is 31.3 Å². The molecule has 17 heavy (non-hydrogen) atoms. The van der Waals surface area contributed by atoms with Crippen molar-refractivity contribution in [1.29, 1.82) is 0 Å². The molecule has 1 unspecified atom stereocenters. The largest absolute Gasteiger partial charge is 0.381 e. The fourth-order valence-corrected chi connectivity index (χ4v) is 5.56. The molecule has 3 saturated carbocycles. The van der Waals surface area contributed by atoms with Gasteiger partial charge in [0.25, 0.3) is 0 Å². The lowest BCUT2D eigenvalue weighted by Crippen LogP contribution is -2.43. The SMILES string of the molecule is C=C1[C@@H]2CC[C@]3(C2)[C@H](C)C(OC)C[C@@H]3C1(C)C. The quantitative estimate of drug-likeness (QED) is 0.622. The van der Waals surface area contributed by atoms with Gasteiger partial charge >= 0.3 is 0 Å². The van der Waals surface area contributed by atoms with Crippen LogP contribution < -0.4 is 0 Å². The summed E-state index contributed by atoms with van der Waals surface area (Å²) in [5.41, 5.74) is 2.41. The molecule has 0 amide bonds. The number of hydrogen-bond donors (Lipinski definition) is 0. The molecule has 96 valence electrons. The van der Waals surface area contributed by atoms with Gasteiger partial charge in [-0.05, 0) is 54.3 Å². The van der Waals surface area contributed by atoms with Crippen molar-refractivity contribution in [2.75, 3.05) is 7.11 Å². The number of rotatable bonds is 1. The van der Waals surface area contributed by atoms with Gasteiger partial charge in [0.05, 0.1) is 6.10 Å². The molecule has 0 saturated heterocycles. The van der Waals surface area contributed by atoms with E-state index in [0.29, 0.717) is 16.9 Å². The zero-order valence-corrected chi connectivity index (χ0v) is 11.8. The first kappa shape index (κ1) is 11.8. The zero-order valence-electron chi connectivity index (χ0n) is 11.8. The number of ether oxygens (including phenoxy) is 1. The van der Waals surface area contributed by atoms with Gasteiger partial charge in [0.2, 0.25) is 0 Å². The first-order valence-corrected chi connectivity index (χ1v) is 7.15. The van der Waals surface area contributed by atoms with Gasteiger partial charge in [-0.15, -0.1) is 0 Å². The molecular weight excluding hydrogens is 208 g/mol. The van der Waals surface area contributed by atoms with Gasteiger partial charge in [-0.25, -0.2) is 0 Å². The summed E-state index contributed by atoms with van der Waals surface area (Å²) in [6.45, 7) is 11.7. The van der Waals surface area contributed by atoms with Gasteiger partial charge in [-0.1, -0.05) is 32.9 Å². The Morgan fingerprint density at radius 3 is 2.71 bits per heavy atom. The Kier molecular flexibility index (Phi) is 2.34. The van der Waals surface area contributed by atoms with E-state index in [1.807, 2.05) is 7.11 Å². The van der Waals surface area contributed by atoms with Gasteiger partial charge in [0.1, 0.15) is 0 Å². The second kappa shape index (κ2) is 3.38. The second-order valence-electron chi connectivity index (χ2n) is 7.27. The van der Waals surface area contributed by atoms with Crippen molar-refractivity contribution >= 4 is 0 Å². The van der Waals surface area contributed by atoms with Crippen molar-refractivity contribution in [1.82, 2.24) is 0 Å². The van der Waals surface area contributed by atoms with E-state index >= 15 is 0 Å². The van der Waals surface area contributed by atoms with E-state index in [2.05, 4.69) is 27.4 Å². The first-order chi connectivity index (χ1) is 7.93. The fourth-order valence-electron chi connectivity index (χ4n) is 5.56. The Labute approximate surface area is 106 Å². The van der Waals surface area contributed by atoms with E-state index in [9.17, 15) is 0 Å². The van der Waals surface area contributed by atoms with Crippen molar-refractivity contribution in [3.63, 3.8) is 0 Å². The molecule has 0 aliphatic heterocycles. The smallest absolute Gasteiger partial charge is 0.0605 e. The lowest BCUT2D eigenvalue weighted by molar-refractivity contribution is 0.0220. The Morgan fingerprint density at radius 2 is 2.06 bits per heavy atom. The Hall–Kier alpha value is -0.300. The molecule has 3 aliphatic carbocycles. The van der Waals surface area contributed by atoms with E-state index in [1.54, 1.807) is 0 Å². The Balaban J connectivity index is 2.05. The molecule has 0 aromatic heterocycles.